The highest BCUT2D eigenvalue weighted by atomic mass is 16.6. The second-order valence-electron chi connectivity index (χ2n) is 15.3. The lowest BCUT2D eigenvalue weighted by Gasteiger charge is -2.18. The first-order valence-corrected chi connectivity index (χ1v) is 23.4. The monoisotopic (exact) mass is 795 g/mol. The van der Waals surface area contributed by atoms with Crippen LogP contribution >= 0.6 is 0 Å². The van der Waals surface area contributed by atoms with Crippen LogP contribution in [0.3, 0.4) is 0 Å². The molecule has 0 bridgehead atoms. The summed E-state index contributed by atoms with van der Waals surface area (Å²) in [5, 5.41) is 0. The summed E-state index contributed by atoms with van der Waals surface area (Å²) in [5.41, 5.74) is 0. The number of esters is 3. The molecule has 0 N–H and O–H groups in total. The van der Waals surface area contributed by atoms with Crippen LogP contribution in [0.4, 0.5) is 0 Å². The highest BCUT2D eigenvalue weighted by Crippen LogP contribution is 2.14. The number of hydrogen-bond acceptors (Lipinski definition) is 6. The molecule has 0 aromatic heterocycles. The molecule has 0 radical (unpaired) electrons. The molecule has 57 heavy (non-hydrogen) atoms. The van der Waals surface area contributed by atoms with E-state index < -0.39 is 12.1 Å². The van der Waals surface area contributed by atoms with E-state index in [0.717, 1.165) is 77.0 Å². The number of unbranched alkanes of at least 4 members (excludes halogenated alkanes) is 19. The molecule has 1 atom stereocenters. The van der Waals surface area contributed by atoms with Gasteiger partial charge in [-0.25, -0.2) is 0 Å². The Balaban J connectivity index is 4.34. The first kappa shape index (κ1) is 53.9. The lowest BCUT2D eigenvalue weighted by molar-refractivity contribution is -0.166. The fraction of sp³-hybridized carbons (Fsp3) is 0.706. The van der Waals surface area contributed by atoms with Crippen molar-refractivity contribution < 1.29 is 28.6 Å². The van der Waals surface area contributed by atoms with Gasteiger partial charge in [-0.3, -0.25) is 14.4 Å². The molecule has 0 aliphatic carbocycles. The number of carbonyl (C=O) groups excluding carboxylic acids is 3. The topological polar surface area (TPSA) is 78.9 Å². The molecule has 6 heteroatoms. The second kappa shape index (κ2) is 45.6. The summed E-state index contributed by atoms with van der Waals surface area (Å²) in [5.74, 6) is -1.04. The van der Waals surface area contributed by atoms with Gasteiger partial charge in [0.05, 0.1) is 6.42 Å². The standard InChI is InChI=1S/C51H86O6/c1-4-7-10-13-16-19-21-22-23-24-25-26-27-28-30-32-35-38-41-44-50(53)56-47-48(46-55-49(52)43-40-37-34-31-18-15-12-9-6-3)57-51(54)45-42-39-36-33-29-20-17-14-11-8-5-2/h7,9-10,12,16,18-19,22-23,31,37,40,48H,4-6,8,11,13-15,17,20-21,24-30,32-36,38-39,41-47H2,1-3H3/b10-7-,12-9-,19-16-,23-22-,31-18-,40-37-. The Morgan fingerprint density at radius 1 is 0.386 bits per heavy atom. The molecule has 0 aliphatic rings. The summed E-state index contributed by atoms with van der Waals surface area (Å²) in [7, 11) is 0. The fourth-order valence-electron chi connectivity index (χ4n) is 6.28. The molecule has 0 spiro atoms. The van der Waals surface area contributed by atoms with E-state index >= 15 is 0 Å². The predicted molar refractivity (Wildman–Crippen MR) is 242 cm³/mol. The van der Waals surface area contributed by atoms with Crippen molar-refractivity contribution in [3.05, 3.63) is 72.9 Å². The number of allylic oxidation sites excluding steroid dienone is 11. The first-order valence-electron chi connectivity index (χ1n) is 23.4. The normalized spacial score (nSPS) is 12.7. The van der Waals surface area contributed by atoms with Crippen molar-refractivity contribution >= 4 is 17.9 Å². The van der Waals surface area contributed by atoms with Crippen molar-refractivity contribution in [3.63, 3.8) is 0 Å². The summed E-state index contributed by atoms with van der Waals surface area (Å²) in [4.78, 5) is 37.6. The summed E-state index contributed by atoms with van der Waals surface area (Å²) in [6.07, 6.45) is 56.4. The zero-order valence-corrected chi connectivity index (χ0v) is 37.1. The van der Waals surface area contributed by atoms with Crippen LogP contribution in [-0.4, -0.2) is 37.2 Å². The van der Waals surface area contributed by atoms with Gasteiger partial charge < -0.3 is 14.2 Å². The maximum Gasteiger partial charge on any atom is 0.309 e. The zero-order valence-electron chi connectivity index (χ0n) is 37.1. The molecular weight excluding hydrogens is 709 g/mol. The molecule has 0 aromatic carbocycles. The van der Waals surface area contributed by atoms with Gasteiger partial charge in [-0.15, -0.1) is 0 Å². The van der Waals surface area contributed by atoms with Crippen molar-refractivity contribution in [1.29, 1.82) is 0 Å². The van der Waals surface area contributed by atoms with Gasteiger partial charge in [-0.2, -0.15) is 0 Å². The molecule has 0 saturated carbocycles. The van der Waals surface area contributed by atoms with Crippen molar-refractivity contribution in [2.75, 3.05) is 13.2 Å². The lowest BCUT2D eigenvalue weighted by atomic mass is 10.1. The molecule has 326 valence electrons. The van der Waals surface area contributed by atoms with Crippen LogP contribution in [0, 0.1) is 0 Å². The van der Waals surface area contributed by atoms with E-state index in [0.29, 0.717) is 12.8 Å². The average Bonchev–Trinajstić information content (AvgIpc) is 3.21. The Morgan fingerprint density at radius 3 is 1.23 bits per heavy atom. The van der Waals surface area contributed by atoms with Crippen LogP contribution in [0.1, 0.15) is 213 Å². The van der Waals surface area contributed by atoms with Gasteiger partial charge in [0, 0.05) is 12.8 Å². The Kier molecular flexibility index (Phi) is 43.0. The van der Waals surface area contributed by atoms with Crippen LogP contribution in [0.2, 0.25) is 0 Å². The molecule has 0 fully saturated rings. The average molecular weight is 795 g/mol. The Morgan fingerprint density at radius 2 is 0.754 bits per heavy atom. The van der Waals surface area contributed by atoms with Gasteiger partial charge in [-0.1, -0.05) is 203 Å². The van der Waals surface area contributed by atoms with E-state index in [2.05, 4.69) is 81.5 Å². The number of ether oxygens (including phenoxy) is 3. The number of hydrogen-bond donors (Lipinski definition) is 0. The summed E-state index contributed by atoms with van der Waals surface area (Å²) >= 11 is 0. The van der Waals surface area contributed by atoms with Gasteiger partial charge in [-0.05, 0) is 64.2 Å². The fourth-order valence-corrected chi connectivity index (χ4v) is 6.28. The lowest BCUT2D eigenvalue weighted by Crippen LogP contribution is -2.30. The number of carbonyl (C=O) groups is 3. The highest BCUT2D eigenvalue weighted by molar-refractivity contribution is 5.72. The van der Waals surface area contributed by atoms with Crippen molar-refractivity contribution in [2.24, 2.45) is 0 Å². The Bertz CT molecular complexity index is 1100. The van der Waals surface area contributed by atoms with Crippen LogP contribution in [0.5, 0.6) is 0 Å². The third kappa shape index (κ3) is 43.8. The molecule has 0 heterocycles. The molecule has 1 unspecified atom stereocenters. The minimum atomic E-state index is -0.808. The van der Waals surface area contributed by atoms with E-state index in [1.54, 1.807) is 6.08 Å². The molecular formula is C51H86O6. The van der Waals surface area contributed by atoms with E-state index in [-0.39, 0.29) is 31.6 Å². The van der Waals surface area contributed by atoms with Gasteiger partial charge >= 0.3 is 17.9 Å². The summed E-state index contributed by atoms with van der Waals surface area (Å²) in [6.45, 7) is 6.29. The quantitative estimate of drug-likeness (QED) is 0.0265. The van der Waals surface area contributed by atoms with E-state index in [1.165, 1.54) is 96.3 Å². The van der Waals surface area contributed by atoms with Crippen molar-refractivity contribution in [1.82, 2.24) is 0 Å². The van der Waals surface area contributed by atoms with Crippen LogP contribution in [0.25, 0.3) is 0 Å². The van der Waals surface area contributed by atoms with Crippen LogP contribution in [0.15, 0.2) is 72.9 Å². The van der Waals surface area contributed by atoms with Gasteiger partial charge in [0.1, 0.15) is 13.2 Å². The van der Waals surface area contributed by atoms with Crippen molar-refractivity contribution in [3.8, 4) is 0 Å². The molecule has 0 amide bonds. The van der Waals surface area contributed by atoms with E-state index in [1.807, 2.05) is 6.08 Å². The Hall–Kier alpha value is -3.15. The smallest absolute Gasteiger partial charge is 0.309 e. The molecule has 0 rings (SSSR count). The van der Waals surface area contributed by atoms with Crippen LogP contribution < -0.4 is 0 Å². The zero-order chi connectivity index (χ0) is 41.5. The molecule has 0 aliphatic heterocycles. The SMILES string of the molecule is CC/C=C\C/C=C\C/C=C\CCCCCCCCCCCC(=O)OCC(COC(=O)C/C=C\C/C=C\C/C=C\CC)OC(=O)CCCCCCCCCCCCC. The number of rotatable bonds is 41. The third-order valence-corrected chi connectivity index (χ3v) is 9.74. The minimum Gasteiger partial charge on any atom is -0.462 e. The predicted octanol–water partition coefficient (Wildman–Crippen LogP) is 15.1. The molecule has 6 nitrogen and oxygen atoms in total. The summed E-state index contributed by atoms with van der Waals surface area (Å²) in [6, 6.07) is 0. The molecule has 0 aromatic rings. The van der Waals surface area contributed by atoms with Gasteiger partial charge in [0.15, 0.2) is 6.10 Å². The first-order chi connectivity index (χ1) is 28.0. The van der Waals surface area contributed by atoms with Gasteiger partial charge in [0.2, 0.25) is 0 Å². The van der Waals surface area contributed by atoms with Gasteiger partial charge in [0.25, 0.3) is 0 Å². The largest absolute Gasteiger partial charge is 0.462 e. The minimum absolute atomic E-state index is 0.104. The summed E-state index contributed by atoms with van der Waals surface area (Å²) < 4.78 is 16.6. The maximum absolute atomic E-state index is 12.7. The van der Waals surface area contributed by atoms with E-state index in [4.69, 9.17) is 14.2 Å². The Labute approximate surface area is 351 Å². The third-order valence-electron chi connectivity index (χ3n) is 9.74. The molecule has 0 saturated heterocycles. The van der Waals surface area contributed by atoms with Crippen molar-refractivity contribution in [2.45, 2.75) is 219 Å². The van der Waals surface area contributed by atoms with Crippen LogP contribution in [-0.2, 0) is 28.6 Å². The maximum atomic E-state index is 12.7. The highest BCUT2D eigenvalue weighted by Gasteiger charge is 2.19. The van der Waals surface area contributed by atoms with E-state index in [9.17, 15) is 14.4 Å². The second-order valence-corrected chi connectivity index (χ2v) is 15.3.